The number of rotatable bonds is 8. The van der Waals surface area contributed by atoms with Crippen LogP contribution in [-0.4, -0.2) is 34.5 Å². The lowest BCUT2D eigenvalue weighted by Crippen LogP contribution is -2.22. The predicted octanol–water partition coefficient (Wildman–Crippen LogP) is 1.41. The van der Waals surface area contributed by atoms with Crippen LogP contribution < -0.4 is 15.4 Å². The first-order chi connectivity index (χ1) is 11.9. The Balaban J connectivity index is 2.12. The number of nitro groups is 1. The van der Waals surface area contributed by atoms with Crippen molar-refractivity contribution in [2.45, 2.75) is 19.3 Å². The topological polar surface area (TPSA) is 148 Å². The second-order valence-corrected chi connectivity index (χ2v) is 5.14. The van der Waals surface area contributed by atoms with Crippen LogP contribution in [0.5, 0.6) is 5.75 Å². The standard InChI is InChI=1S/C15H15N3O7/c19-13(20)3-1-2-6-25-10-4-5-12(18(23)24)9(7-10)8-11-14(21)17-15(22)16-11/h4-5,7-8H,1-3,6H2,(H,19,20)(H2,16,17,21,22). The van der Waals surface area contributed by atoms with E-state index in [1.54, 1.807) is 0 Å². The maximum atomic E-state index is 11.5. The molecule has 10 nitrogen and oxygen atoms in total. The molecule has 3 N–H and O–H groups in total. The number of aliphatic carboxylic acids is 1. The van der Waals surface area contributed by atoms with Gasteiger partial charge in [-0.05, 0) is 31.1 Å². The zero-order chi connectivity index (χ0) is 18.4. The van der Waals surface area contributed by atoms with Gasteiger partial charge in [0, 0.05) is 12.5 Å². The Morgan fingerprint density at radius 3 is 2.64 bits per heavy atom. The van der Waals surface area contributed by atoms with E-state index < -0.39 is 22.8 Å². The van der Waals surface area contributed by atoms with E-state index in [2.05, 4.69) is 5.32 Å². The van der Waals surface area contributed by atoms with Gasteiger partial charge in [0.2, 0.25) is 0 Å². The number of benzene rings is 1. The Labute approximate surface area is 141 Å². The van der Waals surface area contributed by atoms with E-state index in [9.17, 15) is 24.5 Å². The highest BCUT2D eigenvalue weighted by atomic mass is 16.6. The first-order valence-electron chi connectivity index (χ1n) is 7.34. The number of nitro benzene ring substituents is 1. The Hall–Kier alpha value is -3.43. The number of nitrogens with zero attached hydrogens (tertiary/aromatic N) is 1. The van der Waals surface area contributed by atoms with E-state index in [4.69, 9.17) is 9.84 Å². The smallest absolute Gasteiger partial charge is 0.326 e. The van der Waals surface area contributed by atoms with Crippen molar-refractivity contribution in [3.63, 3.8) is 0 Å². The molecule has 0 radical (unpaired) electrons. The quantitative estimate of drug-likeness (QED) is 0.211. The minimum atomic E-state index is -0.888. The zero-order valence-corrected chi connectivity index (χ0v) is 13.0. The van der Waals surface area contributed by atoms with Crippen molar-refractivity contribution in [1.29, 1.82) is 0 Å². The van der Waals surface area contributed by atoms with Crippen LogP contribution in [0.25, 0.3) is 6.08 Å². The molecular weight excluding hydrogens is 334 g/mol. The highest BCUT2D eigenvalue weighted by Gasteiger charge is 2.24. The minimum absolute atomic E-state index is 0.0375. The van der Waals surface area contributed by atoms with Crippen LogP contribution in [0.1, 0.15) is 24.8 Å². The highest BCUT2D eigenvalue weighted by molar-refractivity contribution is 6.14. The largest absolute Gasteiger partial charge is 0.494 e. The van der Waals surface area contributed by atoms with Crippen molar-refractivity contribution in [2.75, 3.05) is 6.61 Å². The van der Waals surface area contributed by atoms with Crippen molar-refractivity contribution >= 4 is 29.7 Å². The molecule has 2 rings (SSSR count). The third-order valence-corrected chi connectivity index (χ3v) is 3.27. The fraction of sp³-hybridized carbons (Fsp3) is 0.267. The van der Waals surface area contributed by atoms with Crippen LogP contribution in [0.3, 0.4) is 0 Å². The van der Waals surface area contributed by atoms with E-state index in [0.717, 1.165) is 0 Å². The van der Waals surface area contributed by atoms with Crippen molar-refractivity contribution in [3.8, 4) is 5.75 Å². The number of carbonyl (C=O) groups excluding carboxylic acids is 2. The van der Waals surface area contributed by atoms with Gasteiger partial charge in [-0.3, -0.25) is 25.0 Å². The summed E-state index contributed by atoms with van der Waals surface area (Å²) in [7, 11) is 0. The summed E-state index contributed by atoms with van der Waals surface area (Å²) in [5.74, 6) is -1.24. The Bertz CT molecular complexity index is 757. The van der Waals surface area contributed by atoms with Crippen molar-refractivity contribution in [1.82, 2.24) is 10.6 Å². The summed E-state index contributed by atoms with van der Waals surface area (Å²) in [6, 6.07) is 3.31. The molecule has 0 aliphatic carbocycles. The molecule has 0 spiro atoms. The second kappa shape index (κ2) is 7.90. The van der Waals surface area contributed by atoms with Crippen molar-refractivity contribution < 1.29 is 29.2 Å². The van der Waals surface area contributed by atoms with E-state index in [0.29, 0.717) is 18.6 Å². The lowest BCUT2D eigenvalue weighted by atomic mass is 10.1. The fourth-order valence-electron chi connectivity index (χ4n) is 2.11. The zero-order valence-electron chi connectivity index (χ0n) is 13.0. The average molecular weight is 349 g/mol. The molecule has 0 unspecified atom stereocenters. The third-order valence-electron chi connectivity index (χ3n) is 3.27. The number of ether oxygens (including phenoxy) is 1. The van der Waals surface area contributed by atoms with E-state index in [-0.39, 0.29) is 30.0 Å². The van der Waals surface area contributed by atoms with E-state index >= 15 is 0 Å². The lowest BCUT2D eigenvalue weighted by molar-refractivity contribution is -0.385. The van der Waals surface area contributed by atoms with Crippen LogP contribution in [0.2, 0.25) is 0 Å². The molecule has 0 aromatic heterocycles. The van der Waals surface area contributed by atoms with E-state index in [1.165, 1.54) is 24.3 Å². The number of carbonyl (C=O) groups is 3. The van der Waals surface area contributed by atoms with E-state index in [1.807, 2.05) is 5.32 Å². The monoisotopic (exact) mass is 349 g/mol. The third kappa shape index (κ3) is 5.03. The molecule has 1 aliphatic heterocycles. The number of carboxylic acid groups (broad SMARTS) is 1. The summed E-state index contributed by atoms with van der Waals surface area (Å²) in [4.78, 5) is 43.6. The summed E-state index contributed by atoms with van der Waals surface area (Å²) in [5.41, 5.74) is -0.258. The Morgan fingerprint density at radius 1 is 1.28 bits per heavy atom. The molecule has 25 heavy (non-hydrogen) atoms. The number of hydrogen-bond acceptors (Lipinski definition) is 6. The molecule has 1 aromatic carbocycles. The lowest BCUT2D eigenvalue weighted by Gasteiger charge is -2.07. The second-order valence-electron chi connectivity index (χ2n) is 5.14. The molecule has 132 valence electrons. The van der Waals surface area contributed by atoms with Gasteiger partial charge in [-0.2, -0.15) is 0 Å². The highest BCUT2D eigenvalue weighted by Crippen LogP contribution is 2.26. The molecular formula is C15H15N3O7. The molecule has 0 bridgehead atoms. The summed E-state index contributed by atoms with van der Waals surface area (Å²) in [6.45, 7) is 0.248. The van der Waals surface area contributed by atoms with Crippen LogP contribution in [0, 0.1) is 10.1 Å². The van der Waals surface area contributed by atoms with Gasteiger partial charge in [0.25, 0.3) is 11.6 Å². The minimum Gasteiger partial charge on any atom is -0.494 e. The molecule has 1 saturated heterocycles. The van der Waals surface area contributed by atoms with Crippen molar-refractivity contribution in [3.05, 3.63) is 39.6 Å². The fourth-order valence-corrected chi connectivity index (χ4v) is 2.11. The molecule has 1 heterocycles. The van der Waals surface area contributed by atoms with Gasteiger partial charge in [-0.15, -0.1) is 0 Å². The SMILES string of the molecule is O=C(O)CCCCOc1ccc([N+](=O)[O-])c(C=C2NC(=O)NC2=O)c1. The summed E-state index contributed by atoms with van der Waals surface area (Å²) >= 11 is 0. The number of amides is 3. The number of urea groups is 1. The van der Waals surface area contributed by atoms with Gasteiger partial charge in [0.05, 0.1) is 17.1 Å². The van der Waals surface area contributed by atoms with Crippen LogP contribution in [0.4, 0.5) is 10.5 Å². The first kappa shape index (κ1) is 17.9. The molecule has 0 atom stereocenters. The van der Waals surface area contributed by atoms with Gasteiger partial charge < -0.3 is 15.2 Å². The molecule has 3 amide bonds. The number of nitrogens with one attached hydrogen (secondary N) is 2. The molecule has 1 fully saturated rings. The molecule has 0 saturated carbocycles. The maximum absolute atomic E-state index is 11.5. The van der Waals surface area contributed by atoms with Crippen LogP contribution >= 0.6 is 0 Å². The molecule has 1 aliphatic rings. The number of unbranched alkanes of at least 4 members (excludes halogenated alkanes) is 1. The van der Waals surface area contributed by atoms with Gasteiger partial charge in [0.15, 0.2) is 0 Å². The Kier molecular flexibility index (Phi) is 5.66. The predicted molar refractivity (Wildman–Crippen MR) is 84.7 cm³/mol. The van der Waals surface area contributed by atoms with Crippen LogP contribution in [-0.2, 0) is 9.59 Å². The van der Waals surface area contributed by atoms with Gasteiger partial charge in [0.1, 0.15) is 11.4 Å². The molecule has 10 heteroatoms. The summed E-state index contributed by atoms with van der Waals surface area (Å²) in [6.07, 6.45) is 2.19. The maximum Gasteiger partial charge on any atom is 0.326 e. The average Bonchev–Trinajstić information content (AvgIpc) is 2.84. The normalized spacial score (nSPS) is 15.0. The van der Waals surface area contributed by atoms with Gasteiger partial charge in [-0.1, -0.05) is 0 Å². The molecule has 1 aromatic rings. The summed E-state index contributed by atoms with van der Waals surface area (Å²) in [5, 5.41) is 23.9. The van der Waals surface area contributed by atoms with Gasteiger partial charge >= 0.3 is 12.0 Å². The number of hydrogen-bond donors (Lipinski definition) is 3. The first-order valence-corrected chi connectivity index (χ1v) is 7.34. The number of carboxylic acids is 1. The number of imide groups is 1. The van der Waals surface area contributed by atoms with Gasteiger partial charge in [-0.25, -0.2) is 4.79 Å². The summed E-state index contributed by atoms with van der Waals surface area (Å²) < 4.78 is 5.44. The van der Waals surface area contributed by atoms with Crippen molar-refractivity contribution in [2.24, 2.45) is 0 Å². The van der Waals surface area contributed by atoms with Crippen LogP contribution in [0.15, 0.2) is 23.9 Å². The Morgan fingerprint density at radius 2 is 2.04 bits per heavy atom.